The van der Waals surface area contributed by atoms with Crippen LogP contribution in [0.25, 0.3) is 0 Å². The van der Waals surface area contributed by atoms with Gasteiger partial charge in [-0.15, -0.1) is 0 Å². The summed E-state index contributed by atoms with van der Waals surface area (Å²) >= 11 is 0. The fraction of sp³-hybridized carbons (Fsp3) is 0.542. The quantitative estimate of drug-likeness (QED) is 0.656. The summed E-state index contributed by atoms with van der Waals surface area (Å²) in [6.45, 7) is 7.83. The number of aliphatic hydroxyl groups is 1. The van der Waals surface area contributed by atoms with Gasteiger partial charge in [0, 0.05) is 11.8 Å². The van der Waals surface area contributed by atoms with Crippen LogP contribution in [0.3, 0.4) is 0 Å². The lowest BCUT2D eigenvalue weighted by Gasteiger charge is -2.58. The topological polar surface area (TPSA) is 126 Å². The highest BCUT2D eigenvalue weighted by molar-refractivity contribution is 6.32. The van der Waals surface area contributed by atoms with Crippen molar-refractivity contribution < 1.29 is 34.2 Å². The summed E-state index contributed by atoms with van der Waals surface area (Å²) in [6, 6.07) is 1.78. The molecule has 2 saturated carbocycles. The molecule has 0 aromatic heterocycles. The molecule has 5 atom stereocenters. The van der Waals surface area contributed by atoms with Gasteiger partial charge in [-0.3, -0.25) is 24.0 Å². The van der Waals surface area contributed by atoms with Crippen LogP contribution < -0.4 is 0 Å². The predicted octanol–water partition coefficient (Wildman–Crippen LogP) is 1.83. The largest absolute Gasteiger partial charge is 0.507 e. The van der Waals surface area contributed by atoms with Gasteiger partial charge >= 0.3 is 0 Å². The van der Waals surface area contributed by atoms with E-state index >= 15 is 0 Å². The first kappa shape index (κ1) is 21.6. The van der Waals surface area contributed by atoms with Crippen molar-refractivity contribution in [1.82, 2.24) is 0 Å². The summed E-state index contributed by atoms with van der Waals surface area (Å²) in [5.74, 6) is -7.31. The fourth-order valence-corrected chi connectivity index (χ4v) is 6.47. The lowest BCUT2D eigenvalue weighted by molar-refractivity contribution is -0.193. The molecule has 0 spiro atoms. The Morgan fingerprint density at radius 2 is 1.65 bits per heavy atom. The van der Waals surface area contributed by atoms with E-state index in [-0.39, 0.29) is 30.6 Å². The number of phenolic OH excluding ortho intramolecular Hbond substituents is 1. The summed E-state index contributed by atoms with van der Waals surface area (Å²) in [5, 5.41) is 22.1. The molecule has 2 N–H and O–H groups in total. The minimum atomic E-state index is -2.61. The summed E-state index contributed by atoms with van der Waals surface area (Å²) in [7, 11) is 0. The van der Waals surface area contributed by atoms with E-state index in [1.165, 1.54) is 6.92 Å². The van der Waals surface area contributed by atoms with Gasteiger partial charge < -0.3 is 10.2 Å². The van der Waals surface area contributed by atoms with E-state index in [4.69, 9.17) is 0 Å². The van der Waals surface area contributed by atoms with Gasteiger partial charge in [-0.25, -0.2) is 0 Å². The molecule has 3 aliphatic carbocycles. The Labute approximate surface area is 179 Å². The number of ketones is 5. The molecular weight excluding hydrogens is 400 g/mol. The molecule has 164 valence electrons. The van der Waals surface area contributed by atoms with Crippen molar-refractivity contribution in [2.24, 2.45) is 22.7 Å². The zero-order chi connectivity index (χ0) is 23.3. The van der Waals surface area contributed by atoms with Gasteiger partial charge in [0.1, 0.15) is 17.5 Å². The summed E-state index contributed by atoms with van der Waals surface area (Å²) in [4.78, 5) is 65.1. The minimum Gasteiger partial charge on any atom is -0.507 e. The lowest BCUT2D eigenvalue weighted by atomic mass is 9.43. The first-order chi connectivity index (χ1) is 14.2. The van der Waals surface area contributed by atoms with E-state index in [0.717, 1.165) is 12.5 Å². The van der Waals surface area contributed by atoms with Crippen LogP contribution >= 0.6 is 0 Å². The SMILES string of the molecule is CC(=O)C1C(=O)CC2(C)CC3(C)Cc4c(C)cc(C)c(O)c4C(=O)C3C(=O)C2(O)C1=O. The summed E-state index contributed by atoms with van der Waals surface area (Å²) in [5.41, 5.74) is -2.97. The molecule has 3 aliphatic rings. The van der Waals surface area contributed by atoms with Crippen LogP contribution in [-0.4, -0.2) is 44.7 Å². The third kappa shape index (κ3) is 2.47. The molecule has 0 bridgehead atoms. The number of hydrogen-bond donors (Lipinski definition) is 2. The van der Waals surface area contributed by atoms with E-state index in [2.05, 4.69) is 0 Å². The molecular formula is C24H26O7. The second-order valence-corrected chi connectivity index (χ2v) is 10.2. The van der Waals surface area contributed by atoms with Crippen LogP contribution in [0, 0.1) is 36.5 Å². The first-order valence-electron chi connectivity index (χ1n) is 10.4. The lowest BCUT2D eigenvalue weighted by Crippen LogP contribution is -2.73. The van der Waals surface area contributed by atoms with Crippen molar-refractivity contribution in [3.63, 3.8) is 0 Å². The number of Topliss-reactive ketones (excluding diaryl/α,β-unsaturated/α-hetero) is 5. The highest BCUT2D eigenvalue weighted by atomic mass is 16.3. The standard InChI is InChI=1S/C24H26O7/c1-10-6-11(2)18(27)16-13(10)7-22(4)9-23(5)8-14(26)15(12(3)25)20(29)24(23,31)21(30)17(22)19(16)28/h6,15,17,27,31H,7-9H2,1-5H3. The Kier molecular flexibility index (Phi) is 4.30. The first-order valence-corrected chi connectivity index (χ1v) is 10.4. The molecule has 5 unspecified atom stereocenters. The van der Waals surface area contributed by atoms with Gasteiger partial charge in [0.25, 0.3) is 0 Å². The van der Waals surface area contributed by atoms with Crippen molar-refractivity contribution >= 4 is 28.9 Å². The highest BCUT2D eigenvalue weighted by Crippen LogP contribution is 2.61. The number of aryl methyl sites for hydroxylation is 2. The van der Waals surface area contributed by atoms with E-state index in [9.17, 15) is 34.2 Å². The third-order valence-electron chi connectivity index (χ3n) is 7.81. The predicted molar refractivity (Wildman–Crippen MR) is 109 cm³/mol. The summed E-state index contributed by atoms with van der Waals surface area (Å²) in [6.07, 6.45) is 0.0648. The Bertz CT molecular complexity index is 1120. The van der Waals surface area contributed by atoms with Crippen LogP contribution in [-0.2, 0) is 25.6 Å². The van der Waals surface area contributed by atoms with Crippen LogP contribution in [0.4, 0.5) is 0 Å². The highest BCUT2D eigenvalue weighted by Gasteiger charge is 2.73. The van der Waals surface area contributed by atoms with Gasteiger partial charge in [0.2, 0.25) is 0 Å². The number of phenols is 1. The molecule has 2 fully saturated rings. The smallest absolute Gasteiger partial charge is 0.190 e. The Morgan fingerprint density at radius 1 is 1.03 bits per heavy atom. The van der Waals surface area contributed by atoms with Crippen molar-refractivity contribution in [2.45, 2.75) is 59.5 Å². The molecule has 0 amide bonds. The van der Waals surface area contributed by atoms with Gasteiger partial charge in [0.15, 0.2) is 28.7 Å². The van der Waals surface area contributed by atoms with Crippen LogP contribution in [0.15, 0.2) is 6.07 Å². The van der Waals surface area contributed by atoms with Crippen molar-refractivity contribution in [3.05, 3.63) is 28.3 Å². The maximum absolute atomic E-state index is 13.7. The average Bonchev–Trinajstić information content (AvgIpc) is 2.62. The minimum absolute atomic E-state index is 0.0583. The molecule has 0 aliphatic heterocycles. The Balaban J connectivity index is 1.94. The van der Waals surface area contributed by atoms with E-state index in [1.807, 2.05) is 6.92 Å². The number of carbonyl (C=O) groups is 5. The maximum Gasteiger partial charge on any atom is 0.190 e. The fourth-order valence-electron chi connectivity index (χ4n) is 6.47. The van der Waals surface area contributed by atoms with Gasteiger partial charge in [-0.05, 0) is 55.7 Å². The second kappa shape index (κ2) is 6.19. The van der Waals surface area contributed by atoms with Crippen LogP contribution in [0.5, 0.6) is 5.75 Å². The normalized spacial score (nSPS) is 37.2. The van der Waals surface area contributed by atoms with Crippen molar-refractivity contribution in [3.8, 4) is 5.75 Å². The number of hydrogen-bond acceptors (Lipinski definition) is 7. The third-order valence-corrected chi connectivity index (χ3v) is 7.81. The molecule has 31 heavy (non-hydrogen) atoms. The number of fused-ring (bicyclic) bond motifs is 3. The molecule has 1 aromatic rings. The molecule has 4 rings (SSSR count). The van der Waals surface area contributed by atoms with Gasteiger partial charge in [-0.1, -0.05) is 19.9 Å². The Hall–Kier alpha value is -2.67. The molecule has 0 saturated heterocycles. The zero-order valence-electron chi connectivity index (χ0n) is 18.3. The second-order valence-electron chi connectivity index (χ2n) is 10.2. The van der Waals surface area contributed by atoms with Crippen molar-refractivity contribution in [1.29, 1.82) is 0 Å². The molecule has 0 heterocycles. The monoisotopic (exact) mass is 426 g/mol. The number of aromatic hydroxyl groups is 1. The number of benzene rings is 1. The van der Waals surface area contributed by atoms with Crippen LogP contribution in [0.2, 0.25) is 0 Å². The van der Waals surface area contributed by atoms with Gasteiger partial charge in [0.05, 0.1) is 11.5 Å². The van der Waals surface area contributed by atoms with Crippen LogP contribution in [0.1, 0.15) is 60.7 Å². The number of rotatable bonds is 1. The van der Waals surface area contributed by atoms with E-state index in [0.29, 0.717) is 11.1 Å². The van der Waals surface area contributed by atoms with Gasteiger partial charge in [-0.2, -0.15) is 0 Å². The van der Waals surface area contributed by atoms with E-state index < -0.39 is 57.2 Å². The number of carbonyl (C=O) groups excluding carboxylic acids is 5. The molecule has 7 heteroatoms. The van der Waals surface area contributed by atoms with E-state index in [1.54, 1.807) is 19.9 Å². The average molecular weight is 426 g/mol. The summed E-state index contributed by atoms with van der Waals surface area (Å²) < 4.78 is 0. The maximum atomic E-state index is 13.7. The molecule has 7 nitrogen and oxygen atoms in total. The Morgan fingerprint density at radius 3 is 2.23 bits per heavy atom. The van der Waals surface area contributed by atoms with Crippen molar-refractivity contribution in [2.75, 3.05) is 0 Å². The molecule has 1 aromatic carbocycles. The molecule has 0 radical (unpaired) electrons. The zero-order valence-corrected chi connectivity index (χ0v) is 18.3.